The predicted molar refractivity (Wildman–Crippen MR) is 72.9 cm³/mol. The Kier molecular flexibility index (Phi) is 3.10. The predicted octanol–water partition coefficient (Wildman–Crippen LogP) is 2.81. The van der Waals surface area contributed by atoms with E-state index in [2.05, 4.69) is 27.1 Å². The molecule has 0 bridgehead atoms. The van der Waals surface area contributed by atoms with E-state index in [-0.39, 0.29) is 0 Å². The highest BCUT2D eigenvalue weighted by Gasteiger charge is 2.06. The molecule has 3 rings (SSSR count). The lowest BCUT2D eigenvalue weighted by atomic mass is 10.2. The summed E-state index contributed by atoms with van der Waals surface area (Å²) in [6.07, 6.45) is 4.31. The second kappa shape index (κ2) is 5.06. The number of nitrogens with one attached hydrogen (secondary N) is 1. The van der Waals surface area contributed by atoms with Crippen molar-refractivity contribution in [1.29, 1.82) is 0 Å². The minimum absolute atomic E-state index is 0.720. The van der Waals surface area contributed by atoms with Crippen molar-refractivity contribution in [2.45, 2.75) is 13.3 Å². The molecule has 19 heavy (non-hydrogen) atoms. The summed E-state index contributed by atoms with van der Waals surface area (Å²) in [6.45, 7) is 2.81. The van der Waals surface area contributed by atoms with Crippen molar-refractivity contribution in [1.82, 2.24) is 20.2 Å². The summed E-state index contributed by atoms with van der Waals surface area (Å²) in [7, 11) is 0. The van der Waals surface area contributed by atoms with Crippen LogP contribution < -0.4 is 4.74 Å². The lowest BCUT2D eigenvalue weighted by Crippen LogP contribution is -1.94. The number of hydrogen-bond acceptors (Lipinski definition) is 4. The van der Waals surface area contributed by atoms with Crippen molar-refractivity contribution < 1.29 is 4.74 Å². The van der Waals surface area contributed by atoms with E-state index in [1.54, 1.807) is 12.4 Å². The molecule has 0 fully saturated rings. The smallest absolute Gasteiger partial charge is 0.138 e. The molecule has 3 aromatic rings. The molecule has 0 aliphatic heterocycles. The van der Waals surface area contributed by atoms with Crippen LogP contribution in [-0.2, 0) is 0 Å². The standard InChI is InChI=1S/C14H14N4O/c1-2-6-19-11-5-3-4-10(7-11)14-17-12-8-15-16-9-13(12)18-14/h3-5,7-9H,2,6H2,1H3,(H,17,18). The Morgan fingerprint density at radius 1 is 1.21 bits per heavy atom. The molecule has 0 unspecified atom stereocenters. The summed E-state index contributed by atoms with van der Waals surface area (Å²) in [5, 5.41) is 7.65. The maximum Gasteiger partial charge on any atom is 0.138 e. The lowest BCUT2D eigenvalue weighted by molar-refractivity contribution is 0.317. The number of rotatable bonds is 4. The van der Waals surface area contributed by atoms with E-state index in [9.17, 15) is 0 Å². The molecule has 0 aliphatic rings. The minimum Gasteiger partial charge on any atom is -0.494 e. The molecule has 5 heteroatoms. The molecule has 0 spiro atoms. The highest BCUT2D eigenvalue weighted by atomic mass is 16.5. The van der Waals surface area contributed by atoms with Crippen molar-refractivity contribution in [3.63, 3.8) is 0 Å². The zero-order valence-electron chi connectivity index (χ0n) is 10.6. The van der Waals surface area contributed by atoms with Crippen LogP contribution in [0.4, 0.5) is 0 Å². The normalized spacial score (nSPS) is 10.8. The van der Waals surface area contributed by atoms with E-state index in [4.69, 9.17) is 4.74 Å². The van der Waals surface area contributed by atoms with Gasteiger partial charge in [-0.3, -0.25) is 0 Å². The number of nitrogens with zero attached hydrogens (tertiary/aromatic N) is 3. The fourth-order valence-corrected chi connectivity index (χ4v) is 1.87. The second-order valence-electron chi connectivity index (χ2n) is 4.25. The van der Waals surface area contributed by atoms with Gasteiger partial charge in [-0.25, -0.2) is 4.98 Å². The third kappa shape index (κ3) is 2.40. The Labute approximate surface area is 110 Å². The summed E-state index contributed by atoms with van der Waals surface area (Å²) in [4.78, 5) is 7.72. The van der Waals surface area contributed by atoms with Crippen molar-refractivity contribution >= 4 is 11.0 Å². The lowest BCUT2D eigenvalue weighted by Gasteiger charge is -2.05. The van der Waals surface area contributed by atoms with E-state index in [1.165, 1.54) is 0 Å². The van der Waals surface area contributed by atoms with Crippen LogP contribution in [0.3, 0.4) is 0 Å². The van der Waals surface area contributed by atoms with Crippen molar-refractivity contribution in [2.24, 2.45) is 0 Å². The fraction of sp³-hybridized carbons (Fsp3) is 0.214. The van der Waals surface area contributed by atoms with Gasteiger partial charge in [-0.05, 0) is 18.6 Å². The van der Waals surface area contributed by atoms with Gasteiger partial charge in [-0.2, -0.15) is 10.2 Å². The number of aromatic nitrogens is 4. The maximum absolute atomic E-state index is 5.63. The first-order chi connectivity index (χ1) is 9.36. The van der Waals surface area contributed by atoms with Gasteiger partial charge in [0.15, 0.2) is 0 Å². The topological polar surface area (TPSA) is 63.7 Å². The van der Waals surface area contributed by atoms with E-state index in [1.807, 2.05) is 24.3 Å². The van der Waals surface area contributed by atoms with Crippen LogP contribution >= 0.6 is 0 Å². The molecule has 1 N–H and O–H groups in total. The molecule has 1 aromatic carbocycles. The third-order valence-corrected chi connectivity index (χ3v) is 2.78. The molecule has 96 valence electrons. The summed E-state index contributed by atoms with van der Waals surface area (Å²) >= 11 is 0. The fourth-order valence-electron chi connectivity index (χ4n) is 1.87. The number of benzene rings is 1. The van der Waals surface area contributed by atoms with Crippen LogP contribution in [0, 0.1) is 0 Å². The van der Waals surface area contributed by atoms with Gasteiger partial charge in [-0.15, -0.1) is 0 Å². The summed E-state index contributed by atoms with van der Waals surface area (Å²) in [5.41, 5.74) is 2.68. The number of hydrogen-bond donors (Lipinski definition) is 1. The molecule has 0 atom stereocenters. The van der Waals surface area contributed by atoms with Gasteiger partial charge in [0.05, 0.1) is 24.5 Å². The van der Waals surface area contributed by atoms with Crippen LogP contribution in [0.2, 0.25) is 0 Å². The van der Waals surface area contributed by atoms with Crippen LogP contribution in [0.25, 0.3) is 22.4 Å². The van der Waals surface area contributed by atoms with Gasteiger partial charge in [0.1, 0.15) is 17.1 Å². The molecular formula is C14H14N4O. The SMILES string of the molecule is CCCOc1cccc(-c2nc3cnncc3[nH]2)c1. The van der Waals surface area contributed by atoms with Gasteiger partial charge in [0.2, 0.25) is 0 Å². The molecule has 5 nitrogen and oxygen atoms in total. The Morgan fingerprint density at radius 2 is 2.11 bits per heavy atom. The van der Waals surface area contributed by atoms with E-state index < -0.39 is 0 Å². The molecule has 0 aliphatic carbocycles. The maximum atomic E-state index is 5.63. The number of H-pyrrole nitrogens is 1. The quantitative estimate of drug-likeness (QED) is 0.777. The molecule has 0 amide bonds. The zero-order valence-corrected chi connectivity index (χ0v) is 10.6. The Hall–Kier alpha value is -2.43. The third-order valence-electron chi connectivity index (χ3n) is 2.78. The molecule has 0 saturated heterocycles. The molecule has 0 radical (unpaired) electrons. The summed E-state index contributed by atoms with van der Waals surface area (Å²) < 4.78 is 5.63. The van der Waals surface area contributed by atoms with Gasteiger partial charge >= 0.3 is 0 Å². The zero-order chi connectivity index (χ0) is 13.1. The largest absolute Gasteiger partial charge is 0.494 e. The van der Waals surface area contributed by atoms with Crippen LogP contribution in [0.15, 0.2) is 36.7 Å². The first kappa shape index (κ1) is 11.6. The molecule has 2 aromatic heterocycles. The highest BCUT2D eigenvalue weighted by Crippen LogP contribution is 2.23. The average molecular weight is 254 g/mol. The first-order valence-corrected chi connectivity index (χ1v) is 6.26. The van der Waals surface area contributed by atoms with Crippen molar-refractivity contribution in [2.75, 3.05) is 6.61 Å². The number of imidazole rings is 1. The molecule has 0 saturated carbocycles. The Morgan fingerprint density at radius 3 is 2.95 bits per heavy atom. The van der Waals surface area contributed by atoms with Gasteiger partial charge in [0.25, 0.3) is 0 Å². The average Bonchev–Trinajstić information content (AvgIpc) is 2.89. The van der Waals surface area contributed by atoms with Crippen LogP contribution in [0.1, 0.15) is 13.3 Å². The number of aromatic amines is 1. The Bertz CT molecular complexity index is 659. The van der Waals surface area contributed by atoms with E-state index in [0.29, 0.717) is 0 Å². The van der Waals surface area contributed by atoms with Crippen molar-refractivity contribution in [3.8, 4) is 17.1 Å². The number of fused-ring (bicyclic) bond motifs is 1. The van der Waals surface area contributed by atoms with Crippen LogP contribution in [-0.4, -0.2) is 26.8 Å². The molecule has 2 heterocycles. The monoisotopic (exact) mass is 254 g/mol. The minimum atomic E-state index is 0.720. The molecular weight excluding hydrogens is 240 g/mol. The number of ether oxygens (including phenoxy) is 1. The van der Waals surface area contributed by atoms with Crippen LogP contribution in [0.5, 0.6) is 5.75 Å². The van der Waals surface area contributed by atoms with Gasteiger partial charge in [-0.1, -0.05) is 19.1 Å². The van der Waals surface area contributed by atoms with Gasteiger partial charge < -0.3 is 9.72 Å². The van der Waals surface area contributed by atoms with Gasteiger partial charge in [0, 0.05) is 5.56 Å². The van der Waals surface area contributed by atoms with Crippen molar-refractivity contribution in [3.05, 3.63) is 36.7 Å². The van der Waals surface area contributed by atoms with E-state index in [0.717, 1.165) is 41.2 Å². The summed E-state index contributed by atoms with van der Waals surface area (Å²) in [6, 6.07) is 7.89. The summed E-state index contributed by atoms with van der Waals surface area (Å²) in [5.74, 6) is 1.66. The second-order valence-corrected chi connectivity index (χ2v) is 4.25. The highest BCUT2D eigenvalue weighted by molar-refractivity contribution is 5.77. The van der Waals surface area contributed by atoms with E-state index >= 15 is 0 Å². The Balaban J connectivity index is 1.96. The first-order valence-electron chi connectivity index (χ1n) is 6.26.